The molecule has 0 radical (unpaired) electrons. The van der Waals surface area contributed by atoms with Crippen molar-refractivity contribution in [1.29, 1.82) is 0 Å². The van der Waals surface area contributed by atoms with Crippen molar-refractivity contribution < 1.29 is 4.79 Å². The molecule has 0 unspecified atom stereocenters. The fourth-order valence-corrected chi connectivity index (χ4v) is 2.78. The lowest BCUT2D eigenvalue weighted by Gasteiger charge is -2.13. The molecule has 0 aliphatic carbocycles. The molecule has 0 spiro atoms. The average molecular weight is 401 g/mol. The van der Waals surface area contributed by atoms with Crippen LogP contribution in [-0.2, 0) is 0 Å². The lowest BCUT2D eigenvalue weighted by atomic mass is 10.3. The van der Waals surface area contributed by atoms with Gasteiger partial charge in [0, 0.05) is 27.4 Å². The summed E-state index contributed by atoms with van der Waals surface area (Å²) in [5.41, 5.74) is 1.52. The highest BCUT2D eigenvalue weighted by Crippen LogP contribution is 2.22. The second-order valence-corrected chi connectivity index (χ2v) is 6.65. The molecule has 1 amide bonds. The molecule has 0 saturated heterocycles. The molecule has 1 N–H and O–H groups in total. The Labute approximate surface area is 134 Å². The van der Waals surface area contributed by atoms with E-state index < -0.39 is 0 Å². The lowest BCUT2D eigenvalue weighted by molar-refractivity contribution is 0.101. The van der Waals surface area contributed by atoms with Crippen LogP contribution in [0.15, 0.2) is 33.5 Å². The van der Waals surface area contributed by atoms with Crippen molar-refractivity contribution in [3.8, 4) is 0 Å². The summed E-state index contributed by atoms with van der Waals surface area (Å²) >= 11 is 6.76. The number of pyridine rings is 1. The van der Waals surface area contributed by atoms with Crippen LogP contribution in [0.2, 0.25) is 0 Å². The average Bonchev–Trinajstić information content (AvgIpc) is 2.75. The van der Waals surface area contributed by atoms with Gasteiger partial charge in [-0.3, -0.25) is 4.79 Å². The van der Waals surface area contributed by atoms with E-state index in [-0.39, 0.29) is 11.9 Å². The number of carbonyl (C=O) groups is 1. The third kappa shape index (κ3) is 3.30. The van der Waals surface area contributed by atoms with E-state index >= 15 is 0 Å². The van der Waals surface area contributed by atoms with Crippen molar-refractivity contribution in [2.24, 2.45) is 0 Å². The van der Waals surface area contributed by atoms with Crippen molar-refractivity contribution in [2.45, 2.75) is 26.8 Å². The Hall–Kier alpha value is -1.14. The lowest BCUT2D eigenvalue weighted by Crippen LogP contribution is -2.19. The Bertz CT molecular complexity index is 650. The molecule has 0 aromatic carbocycles. The highest BCUT2D eigenvalue weighted by Gasteiger charge is 2.16. The Morgan fingerprint density at radius 1 is 1.30 bits per heavy atom. The summed E-state index contributed by atoms with van der Waals surface area (Å²) in [7, 11) is 0. The van der Waals surface area contributed by atoms with E-state index in [1.54, 1.807) is 6.20 Å². The van der Waals surface area contributed by atoms with Gasteiger partial charge in [-0.05, 0) is 70.3 Å². The minimum absolute atomic E-state index is 0.165. The van der Waals surface area contributed by atoms with Crippen molar-refractivity contribution in [1.82, 2.24) is 9.55 Å². The zero-order valence-electron chi connectivity index (χ0n) is 11.4. The molecule has 2 aromatic heterocycles. The van der Waals surface area contributed by atoms with Crippen LogP contribution in [0, 0.1) is 6.92 Å². The summed E-state index contributed by atoms with van der Waals surface area (Å²) in [6.07, 6.45) is 3.57. The largest absolute Gasteiger partial charge is 0.340 e. The first-order valence-corrected chi connectivity index (χ1v) is 7.78. The number of amides is 1. The van der Waals surface area contributed by atoms with Gasteiger partial charge >= 0.3 is 0 Å². The molecule has 0 saturated carbocycles. The van der Waals surface area contributed by atoms with Crippen LogP contribution in [0.4, 0.5) is 5.82 Å². The summed E-state index contributed by atoms with van der Waals surface area (Å²) < 4.78 is 3.70. The molecule has 0 aliphatic rings. The van der Waals surface area contributed by atoms with Crippen molar-refractivity contribution in [3.63, 3.8) is 0 Å². The summed E-state index contributed by atoms with van der Waals surface area (Å²) in [4.78, 5) is 16.6. The van der Waals surface area contributed by atoms with Crippen LogP contribution in [-0.4, -0.2) is 15.5 Å². The van der Waals surface area contributed by atoms with Crippen LogP contribution >= 0.6 is 31.9 Å². The van der Waals surface area contributed by atoms with Crippen LogP contribution in [0.5, 0.6) is 0 Å². The standard InChI is InChI=1S/C14H15Br2N3O/c1-8(2)19-7-11(16)5-12(19)14(20)18-13-9(3)4-10(15)6-17-13/h4-8H,1-3H3,(H,17,18,20). The summed E-state index contributed by atoms with van der Waals surface area (Å²) in [6, 6.07) is 3.94. The molecule has 2 heterocycles. The van der Waals surface area contributed by atoms with Gasteiger partial charge in [0.05, 0.1) is 0 Å². The molecule has 0 atom stereocenters. The van der Waals surface area contributed by atoms with E-state index in [9.17, 15) is 4.79 Å². The Kier molecular flexibility index (Phi) is 4.65. The number of anilines is 1. The molecule has 0 bridgehead atoms. The molecule has 106 valence electrons. The number of nitrogens with one attached hydrogen (secondary N) is 1. The third-order valence-electron chi connectivity index (χ3n) is 2.88. The number of aryl methyl sites for hydroxylation is 1. The number of nitrogens with zero attached hydrogens (tertiary/aromatic N) is 2. The number of halogens is 2. The quantitative estimate of drug-likeness (QED) is 0.821. The van der Waals surface area contributed by atoms with Gasteiger partial charge < -0.3 is 9.88 Å². The van der Waals surface area contributed by atoms with Gasteiger partial charge in [0.15, 0.2) is 0 Å². The molecule has 0 fully saturated rings. The molecule has 0 aliphatic heterocycles. The number of hydrogen-bond acceptors (Lipinski definition) is 2. The maximum atomic E-state index is 12.4. The van der Waals surface area contributed by atoms with E-state index in [1.807, 2.05) is 43.7 Å². The fourth-order valence-electron chi connectivity index (χ4n) is 1.90. The smallest absolute Gasteiger partial charge is 0.273 e. The first-order chi connectivity index (χ1) is 9.38. The summed E-state index contributed by atoms with van der Waals surface area (Å²) in [5.74, 6) is 0.410. The van der Waals surface area contributed by atoms with E-state index in [1.165, 1.54) is 0 Å². The van der Waals surface area contributed by atoms with Crippen molar-refractivity contribution >= 4 is 43.6 Å². The number of hydrogen-bond donors (Lipinski definition) is 1. The SMILES string of the molecule is Cc1cc(Br)cnc1NC(=O)c1cc(Br)cn1C(C)C. The van der Waals surface area contributed by atoms with Gasteiger partial charge in [-0.25, -0.2) is 4.98 Å². The first kappa shape index (κ1) is 15.3. The topological polar surface area (TPSA) is 46.9 Å². The zero-order chi connectivity index (χ0) is 14.9. The molecular formula is C14H15Br2N3O. The van der Waals surface area contributed by atoms with Crippen molar-refractivity contribution in [3.05, 3.63) is 44.7 Å². The van der Waals surface area contributed by atoms with E-state index in [0.717, 1.165) is 14.5 Å². The van der Waals surface area contributed by atoms with Gasteiger partial charge in [-0.15, -0.1) is 0 Å². The van der Waals surface area contributed by atoms with Crippen LogP contribution in [0.3, 0.4) is 0 Å². The van der Waals surface area contributed by atoms with E-state index in [4.69, 9.17) is 0 Å². The molecular weight excluding hydrogens is 386 g/mol. The van der Waals surface area contributed by atoms with Crippen LogP contribution < -0.4 is 5.32 Å². The van der Waals surface area contributed by atoms with Crippen LogP contribution in [0.25, 0.3) is 0 Å². The molecule has 4 nitrogen and oxygen atoms in total. The van der Waals surface area contributed by atoms with Gasteiger partial charge in [0.1, 0.15) is 11.5 Å². The third-order valence-corrected chi connectivity index (χ3v) is 3.75. The summed E-state index contributed by atoms with van der Waals surface area (Å²) in [5, 5.41) is 2.85. The highest BCUT2D eigenvalue weighted by atomic mass is 79.9. The van der Waals surface area contributed by atoms with E-state index in [2.05, 4.69) is 42.2 Å². The molecule has 2 rings (SSSR count). The molecule has 2 aromatic rings. The minimum Gasteiger partial charge on any atom is -0.340 e. The normalized spacial score (nSPS) is 10.9. The Morgan fingerprint density at radius 2 is 2.00 bits per heavy atom. The van der Waals surface area contributed by atoms with Gasteiger partial charge in [0.25, 0.3) is 5.91 Å². The Balaban J connectivity index is 2.28. The number of carbonyl (C=O) groups excluding carboxylic acids is 1. The fraction of sp³-hybridized carbons (Fsp3) is 0.286. The van der Waals surface area contributed by atoms with Crippen LogP contribution in [0.1, 0.15) is 35.9 Å². The van der Waals surface area contributed by atoms with Gasteiger partial charge in [0.2, 0.25) is 0 Å². The zero-order valence-corrected chi connectivity index (χ0v) is 14.6. The first-order valence-electron chi connectivity index (χ1n) is 6.19. The monoisotopic (exact) mass is 399 g/mol. The highest BCUT2D eigenvalue weighted by molar-refractivity contribution is 9.10. The Morgan fingerprint density at radius 3 is 2.60 bits per heavy atom. The predicted molar refractivity (Wildman–Crippen MR) is 87.1 cm³/mol. The molecule has 6 heteroatoms. The van der Waals surface area contributed by atoms with E-state index in [0.29, 0.717) is 11.5 Å². The molecule has 20 heavy (non-hydrogen) atoms. The second-order valence-electron chi connectivity index (χ2n) is 4.82. The number of rotatable bonds is 3. The maximum Gasteiger partial charge on any atom is 0.273 e. The van der Waals surface area contributed by atoms with Crippen molar-refractivity contribution in [2.75, 3.05) is 5.32 Å². The van der Waals surface area contributed by atoms with Gasteiger partial charge in [-0.2, -0.15) is 0 Å². The summed E-state index contributed by atoms with van der Waals surface area (Å²) in [6.45, 7) is 5.98. The minimum atomic E-state index is -0.165. The second kappa shape index (κ2) is 6.10. The number of aromatic nitrogens is 2. The predicted octanol–water partition coefficient (Wildman–Crippen LogP) is 4.55. The van der Waals surface area contributed by atoms with Gasteiger partial charge in [-0.1, -0.05) is 0 Å². The maximum absolute atomic E-state index is 12.4.